The van der Waals surface area contributed by atoms with Crippen LogP contribution in [0.4, 0.5) is 0 Å². The number of hydrogen-bond donors (Lipinski definition) is 0. The molecule has 0 aliphatic carbocycles. The van der Waals surface area contributed by atoms with Gasteiger partial charge >= 0.3 is 16.4 Å². The average molecular weight is 719 g/mol. The first kappa shape index (κ1) is 46.2. The van der Waals surface area contributed by atoms with Crippen molar-refractivity contribution in [3.63, 3.8) is 0 Å². The fourth-order valence-electron chi connectivity index (χ4n) is 6.02. The van der Waals surface area contributed by atoms with Gasteiger partial charge in [0, 0.05) is 38.9 Å². The predicted octanol–water partition coefficient (Wildman–Crippen LogP) is 11.2. The molecular weight excluding hydrogens is 637 g/mol. The van der Waals surface area contributed by atoms with E-state index in [9.17, 15) is 0 Å². The Morgan fingerprint density at radius 1 is 0.438 bits per heavy atom. The molecule has 0 bridgehead atoms. The van der Waals surface area contributed by atoms with E-state index in [1.54, 1.807) is 0 Å². The lowest BCUT2D eigenvalue weighted by molar-refractivity contribution is -0.363. The summed E-state index contributed by atoms with van der Waals surface area (Å²) in [6.45, 7) is 30.7. The Hall–Kier alpha value is 0.154. The summed E-state index contributed by atoms with van der Waals surface area (Å²) >= 11 is 0. The lowest BCUT2D eigenvalue weighted by Gasteiger charge is -2.51. The summed E-state index contributed by atoms with van der Waals surface area (Å²) in [6, 6.07) is 0.686. The molecule has 0 N–H and O–H groups in total. The van der Waals surface area contributed by atoms with Crippen LogP contribution in [0.5, 0.6) is 0 Å². The van der Waals surface area contributed by atoms with Gasteiger partial charge < -0.3 is 31.6 Å². The zero-order valence-corrected chi connectivity index (χ0v) is 36.0. The van der Waals surface area contributed by atoms with Gasteiger partial charge in [0.1, 0.15) is 0 Å². The highest BCUT2D eigenvalue weighted by atomic mass is 29.3. The number of rotatable bonds is 30. The molecule has 0 atom stereocenters. The first-order chi connectivity index (χ1) is 22.7. The summed E-state index contributed by atoms with van der Waals surface area (Å²) in [6.07, 6.45) is 12.9. The smallest absolute Gasteiger partial charge is 0.392 e. The highest BCUT2D eigenvalue weighted by molar-refractivity contribution is 7.29. The van der Waals surface area contributed by atoms with E-state index in [-0.39, 0.29) is 0 Å². The van der Waals surface area contributed by atoms with Gasteiger partial charge in [-0.25, -0.2) is 0 Å². The molecule has 48 heavy (non-hydrogen) atoms. The highest BCUT2D eigenvalue weighted by Crippen LogP contribution is 2.44. The van der Waals surface area contributed by atoms with E-state index >= 15 is 0 Å². The molecule has 7 nitrogen and oxygen atoms in total. The number of ether oxygens (including phenoxy) is 2. The van der Waals surface area contributed by atoms with Crippen molar-refractivity contribution in [2.75, 3.05) is 39.6 Å². The summed E-state index contributed by atoms with van der Waals surface area (Å²) in [5.74, 6) is 2.45. The fourth-order valence-corrected chi connectivity index (χ4v) is 16.7. The van der Waals surface area contributed by atoms with Crippen molar-refractivity contribution in [2.24, 2.45) is 35.5 Å². The SMILES string of the molecule is CC(C)CCCOC1(OCCCC(C)C)CC[Si](OCCCC(C)C)(OCCCC(C)C)[Si](OCCCC(C)C)(OCCCC(C)C)O1. The highest BCUT2D eigenvalue weighted by Gasteiger charge is 2.74. The molecule has 0 aromatic carbocycles. The lowest BCUT2D eigenvalue weighted by atomic mass is 10.1. The molecule has 1 aliphatic rings. The van der Waals surface area contributed by atoms with Crippen LogP contribution in [0.3, 0.4) is 0 Å². The average Bonchev–Trinajstić information content (AvgIpc) is 2.99. The number of hydrogen-bond acceptors (Lipinski definition) is 7. The Kier molecular flexibility index (Phi) is 24.2. The molecule has 1 heterocycles. The van der Waals surface area contributed by atoms with E-state index in [2.05, 4.69) is 83.1 Å². The minimum atomic E-state index is -3.62. The molecule has 0 spiro atoms. The van der Waals surface area contributed by atoms with Crippen molar-refractivity contribution in [2.45, 2.75) is 179 Å². The van der Waals surface area contributed by atoms with Crippen molar-refractivity contribution in [3.8, 4) is 0 Å². The van der Waals surface area contributed by atoms with Gasteiger partial charge in [-0.2, -0.15) is 0 Å². The topological polar surface area (TPSA) is 64.6 Å². The quantitative estimate of drug-likeness (QED) is 0.0416. The van der Waals surface area contributed by atoms with Crippen LogP contribution >= 0.6 is 0 Å². The van der Waals surface area contributed by atoms with Gasteiger partial charge in [0.05, 0.1) is 13.2 Å². The second-order valence-corrected chi connectivity index (χ2v) is 25.5. The van der Waals surface area contributed by atoms with E-state index < -0.39 is 22.4 Å². The first-order valence-corrected chi connectivity index (χ1v) is 24.9. The molecule has 1 fully saturated rings. The minimum absolute atomic E-state index is 0.560. The Balaban J connectivity index is 3.61. The van der Waals surface area contributed by atoms with E-state index in [0.29, 0.717) is 87.6 Å². The molecule has 0 saturated carbocycles. The van der Waals surface area contributed by atoms with Crippen molar-refractivity contribution in [1.82, 2.24) is 0 Å². The Morgan fingerprint density at radius 3 is 1.04 bits per heavy atom. The van der Waals surface area contributed by atoms with Crippen molar-refractivity contribution >= 4 is 16.4 Å². The van der Waals surface area contributed by atoms with Crippen LogP contribution < -0.4 is 0 Å². The van der Waals surface area contributed by atoms with Gasteiger partial charge in [0.15, 0.2) is 0 Å². The fraction of sp³-hybridized carbons (Fsp3) is 1.00. The maximum Gasteiger partial charge on any atom is 0.543 e. The van der Waals surface area contributed by atoms with Gasteiger partial charge in [0.2, 0.25) is 0 Å². The molecule has 1 rings (SSSR count). The Morgan fingerprint density at radius 2 is 0.729 bits per heavy atom. The molecule has 288 valence electrons. The van der Waals surface area contributed by atoms with Gasteiger partial charge in [-0.3, -0.25) is 0 Å². The minimum Gasteiger partial charge on any atom is -0.392 e. The van der Waals surface area contributed by atoms with Crippen molar-refractivity contribution in [3.05, 3.63) is 0 Å². The van der Waals surface area contributed by atoms with Crippen LogP contribution in [0.15, 0.2) is 0 Å². The van der Waals surface area contributed by atoms with Crippen LogP contribution in [0.1, 0.15) is 167 Å². The molecule has 1 saturated heterocycles. The summed E-state index contributed by atoms with van der Waals surface area (Å²) in [5, 5.41) is 0. The van der Waals surface area contributed by atoms with Gasteiger partial charge in [-0.15, -0.1) is 0 Å². The van der Waals surface area contributed by atoms with E-state index in [4.69, 9.17) is 31.6 Å². The van der Waals surface area contributed by atoms with E-state index in [1.165, 1.54) is 0 Å². The predicted molar refractivity (Wildman–Crippen MR) is 205 cm³/mol. The summed E-state index contributed by atoms with van der Waals surface area (Å²) in [4.78, 5) is 0. The molecule has 0 radical (unpaired) electrons. The maximum atomic E-state index is 7.32. The molecule has 1 aliphatic heterocycles. The summed E-state index contributed by atoms with van der Waals surface area (Å²) < 4.78 is 49.1. The molecule has 0 aromatic rings. The third kappa shape index (κ3) is 19.1. The van der Waals surface area contributed by atoms with Gasteiger partial charge in [-0.1, -0.05) is 83.1 Å². The maximum absolute atomic E-state index is 7.32. The first-order valence-electron chi connectivity index (χ1n) is 20.2. The van der Waals surface area contributed by atoms with Gasteiger partial charge in [0.25, 0.3) is 5.97 Å². The molecule has 0 aromatic heterocycles. The molecule has 0 amide bonds. The second-order valence-electron chi connectivity index (χ2n) is 16.9. The lowest BCUT2D eigenvalue weighted by Crippen LogP contribution is -2.78. The molecular formula is C39H82O7Si2. The normalized spacial score (nSPS) is 17.6. The molecule has 0 unspecified atom stereocenters. The second kappa shape index (κ2) is 25.2. The summed E-state index contributed by atoms with van der Waals surface area (Å²) in [7, 11) is -6.78. The Bertz CT molecular complexity index is 727. The van der Waals surface area contributed by atoms with Crippen molar-refractivity contribution < 1.29 is 31.6 Å². The third-order valence-corrected chi connectivity index (χ3v) is 19.5. The summed E-state index contributed by atoms with van der Waals surface area (Å²) in [5.41, 5.74) is 0. The van der Waals surface area contributed by atoms with Crippen LogP contribution in [0, 0.1) is 35.5 Å². The monoisotopic (exact) mass is 719 g/mol. The Labute approximate surface area is 301 Å². The zero-order valence-electron chi connectivity index (χ0n) is 34.0. The third-order valence-electron chi connectivity index (χ3n) is 8.97. The molecule has 9 heteroatoms. The van der Waals surface area contributed by atoms with Crippen LogP contribution in [-0.4, -0.2) is 62.0 Å². The largest absolute Gasteiger partial charge is 0.543 e. The van der Waals surface area contributed by atoms with E-state index in [1.807, 2.05) is 0 Å². The van der Waals surface area contributed by atoms with Crippen LogP contribution in [0.25, 0.3) is 0 Å². The van der Waals surface area contributed by atoms with E-state index in [0.717, 1.165) is 77.0 Å². The standard InChI is InChI=1S/C39H82O7Si2/c1-33(2)19-13-26-40-39(41-27-14-20-34(3)4)25-32-47(42-28-15-21-35(5)6,43-29-16-22-36(7)8)48(46-39,44-30-17-23-37(9)10)45-31-18-24-38(11)12/h33-38H,13-32H2,1-12H3. The van der Waals surface area contributed by atoms with Gasteiger partial charge in [-0.05, 0) is 113 Å². The van der Waals surface area contributed by atoms with Crippen molar-refractivity contribution in [1.29, 1.82) is 0 Å². The van der Waals surface area contributed by atoms with Crippen LogP contribution in [0.2, 0.25) is 6.04 Å². The van der Waals surface area contributed by atoms with Crippen LogP contribution in [-0.2, 0) is 31.6 Å². The zero-order chi connectivity index (χ0) is 36.1.